The van der Waals surface area contributed by atoms with Crippen LogP contribution in [0.25, 0.3) is 0 Å². The van der Waals surface area contributed by atoms with E-state index in [4.69, 9.17) is 24.1 Å². The maximum Gasteiger partial charge on any atom is 0.326 e. The molecule has 0 fully saturated rings. The fourth-order valence-corrected chi connectivity index (χ4v) is 6.55. The lowest BCUT2D eigenvalue weighted by atomic mass is 10.0. The molecule has 0 unspecified atom stereocenters. The number of nitrogens with zero attached hydrogens (tertiary/aromatic N) is 1. The molecule has 384 valence electrons. The van der Waals surface area contributed by atoms with Crippen LogP contribution in [0.15, 0.2) is 12.2 Å². The van der Waals surface area contributed by atoms with Crippen molar-refractivity contribution in [1.29, 1.82) is 0 Å². The quantitative estimate of drug-likeness (QED) is 0.0397. The minimum Gasteiger partial charge on any atom is -0.481 e. The highest BCUT2D eigenvalue weighted by Crippen LogP contribution is 2.14. The third-order valence-electron chi connectivity index (χ3n) is 10.4. The molecule has 0 saturated heterocycles. The highest BCUT2D eigenvalue weighted by Gasteiger charge is 2.24. The average Bonchev–Trinajstić information content (AvgIpc) is 3.62. The topological polar surface area (TPSA) is 270 Å². The van der Waals surface area contributed by atoms with Gasteiger partial charge in [0.25, 0.3) is 11.8 Å². The van der Waals surface area contributed by atoms with E-state index >= 15 is 0 Å². The fourth-order valence-electron chi connectivity index (χ4n) is 6.55. The van der Waals surface area contributed by atoms with Gasteiger partial charge in [-0.1, -0.05) is 84.0 Å². The Balaban J connectivity index is 0.00000148. The Morgan fingerprint density at radius 1 is 0.537 bits per heavy atom. The van der Waals surface area contributed by atoms with Crippen molar-refractivity contribution in [2.24, 2.45) is 0 Å². The molecule has 0 aromatic rings. The second-order valence-corrected chi connectivity index (χ2v) is 16.4. The van der Waals surface area contributed by atoms with Gasteiger partial charge in [-0.15, -0.1) is 0 Å². The predicted octanol–water partition coefficient (Wildman–Crippen LogP) is 5.00. The van der Waals surface area contributed by atoms with E-state index in [1.807, 2.05) is 6.92 Å². The van der Waals surface area contributed by atoms with Crippen molar-refractivity contribution in [3.63, 3.8) is 0 Å². The minimum absolute atomic E-state index is 0.0240. The molecule has 5 amide bonds. The smallest absolute Gasteiger partial charge is 0.326 e. The summed E-state index contributed by atoms with van der Waals surface area (Å²) in [4.78, 5) is 104. The number of amides is 5. The molecule has 19 nitrogen and oxygen atoms in total. The van der Waals surface area contributed by atoms with E-state index in [1.165, 1.54) is 64.1 Å². The third kappa shape index (κ3) is 40.2. The molecule has 67 heavy (non-hydrogen) atoms. The first-order valence-corrected chi connectivity index (χ1v) is 24.4. The molecule has 1 heterocycles. The van der Waals surface area contributed by atoms with Crippen molar-refractivity contribution in [2.45, 2.75) is 167 Å². The van der Waals surface area contributed by atoms with Crippen LogP contribution in [0.1, 0.15) is 161 Å². The van der Waals surface area contributed by atoms with E-state index in [-0.39, 0.29) is 94.2 Å². The van der Waals surface area contributed by atoms with Crippen molar-refractivity contribution in [2.75, 3.05) is 73.0 Å². The van der Waals surface area contributed by atoms with Gasteiger partial charge in [0.05, 0.1) is 26.4 Å². The molecule has 0 aromatic carbocycles. The van der Waals surface area contributed by atoms with Crippen LogP contribution >= 0.6 is 0 Å². The number of imide groups is 1. The maximum absolute atomic E-state index is 12.2. The molecule has 19 heteroatoms. The Morgan fingerprint density at radius 3 is 1.58 bits per heavy atom. The van der Waals surface area contributed by atoms with E-state index in [0.29, 0.717) is 58.8 Å². The van der Waals surface area contributed by atoms with Gasteiger partial charge in [-0.25, -0.2) is 4.79 Å². The number of carboxylic acid groups (broad SMARTS) is 2. The number of hydrogen-bond acceptors (Lipinski definition) is 13. The van der Waals surface area contributed by atoms with E-state index in [0.717, 1.165) is 56.3 Å². The predicted molar refractivity (Wildman–Crippen MR) is 250 cm³/mol. The van der Waals surface area contributed by atoms with Crippen LogP contribution in [-0.4, -0.2) is 147 Å². The molecule has 0 aromatic heterocycles. The summed E-state index contributed by atoms with van der Waals surface area (Å²) >= 11 is 0. The number of likely N-dealkylation sites (N-methyl/N-ethyl adjacent to an activating group) is 1. The molecule has 1 atom stereocenters. The number of carboxylic acids is 2. The first-order chi connectivity index (χ1) is 32.3. The number of aliphatic carboxylic acids is 2. The van der Waals surface area contributed by atoms with Crippen molar-refractivity contribution in [3.8, 4) is 0 Å². The van der Waals surface area contributed by atoms with Gasteiger partial charge in [-0.3, -0.25) is 43.3 Å². The first kappa shape index (κ1) is 62.4. The lowest BCUT2D eigenvalue weighted by molar-refractivity contribution is -0.142. The highest BCUT2D eigenvalue weighted by molar-refractivity contribution is 6.13. The van der Waals surface area contributed by atoms with Gasteiger partial charge in [0.1, 0.15) is 25.0 Å². The van der Waals surface area contributed by atoms with Crippen LogP contribution in [-0.2, 0) is 62.1 Å². The molecular weight excluding hydrogens is 873 g/mol. The molecule has 1 aliphatic heterocycles. The Hall–Kier alpha value is -4.59. The molecule has 5 N–H and O–H groups in total. The largest absolute Gasteiger partial charge is 0.481 e. The maximum atomic E-state index is 12.2. The molecule has 0 aliphatic carbocycles. The van der Waals surface area contributed by atoms with Crippen LogP contribution in [0.4, 0.5) is 0 Å². The lowest BCUT2D eigenvalue weighted by Gasteiger charge is -2.14. The zero-order valence-electron chi connectivity index (χ0n) is 40.4. The summed E-state index contributed by atoms with van der Waals surface area (Å²) in [6.07, 6.45) is 21.1. The fraction of sp³-hybridized carbons (Fsp3) is 0.771. The summed E-state index contributed by atoms with van der Waals surface area (Å²) in [7, 11) is 1.53. The molecule has 0 saturated carbocycles. The average molecular weight is 955 g/mol. The van der Waals surface area contributed by atoms with Gasteiger partial charge in [0.15, 0.2) is 5.78 Å². The molecular formula is C48H82N4O15. The number of carbonyl (C=O) groups excluding carboxylic acids is 7. The Kier molecular flexibility index (Phi) is 40.9. The summed E-state index contributed by atoms with van der Waals surface area (Å²) in [6, 6.07) is -1.06. The van der Waals surface area contributed by atoms with Crippen molar-refractivity contribution >= 4 is 53.0 Å². The standard InChI is InChI=1S/C31H56N2O9.C17H26N2O6/c1-32-29(36)25-42-24-23-41-22-16-17-26(34)20-21-27(31(39)40)33-28(35)18-14-12-10-8-6-4-2-3-5-7-9-11-13-15-19-30(37)38;1-2-10-24-11-12-25-13-14(20)4-3-8-18-15(21)7-9-19-16(22)5-6-17(19)23/h27H,2-25H2,1H3,(H,32,36)(H,33,35)(H,37,38)(H,39,40);5-6H,2-4,7-13H2,1H3,(H,18,21)/t27-;/m0./s1. The number of Topliss-reactive ketones (excluding diaryl/α,β-unsaturated/α-hetero) is 2. The molecule has 0 radical (unpaired) electrons. The number of carbonyl (C=O) groups is 9. The van der Waals surface area contributed by atoms with Gasteiger partial charge >= 0.3 is 11.9 Å². The summed E-state index contributed by atoms with van der Waals surface area (Å²) in [5, 5.41) is 25.7. The summed E-state index contributed by atoms with van der Waals surface area (Å²) in [5.41, 5.74) is 0. The van der Waals surface area contributed by atoms with Gasteiger partial charge in [-0.05, 0) is 38.5 Å². The van der Waals surface area contributed by atoms with Gasteiger partial charge in [-0.2, -0.15) is 0 Å². The molecule has 0 spiro atoms. The van der Waals surface area contributed by atoms with Crippen LogP contribution < -0.4 is 16.0 Å². The number of nitrogens with one attached hydrogen (secondary N) is 3. The van der Waals surface area contributed by atoms with Crippen molar-refractivity contribution in [1.82, 2.24) is 20.9 Å². The van der Waals surface area contributed by atoms with Crippen molar-refractivity contribution < 1.29 is 72.3 Å². The van der Waals surface area contributed by atoms with E-state index in [9.17, 15) is 48.3 Å². The normalized spacial score (nSPS) is 12.4. The highest BCUT2D eigenvalue weighted by atomic mass is 16.5. The number of ketones is 2. The second-order valence-electron chi connectivity index (χ2n) is 16.4. The van der Waals surface area contributed by atoms with Gasteiger partial charge in [0.2, 0.25) is 17.7 Å². The summed E-state index contributed by atoms with van der Waals surface area (Å²) in [5.74, 6) is -3.49. The number of rotatable bonds is 45. The van der Waals surface area contributed by atoms with E-state index in [2.05, 4.69) is 16.0 Å². The first-order valence-electron chi connectivity index (χ1n) is 24.4. The third-order valence-corrected chi connectivity index (χ3v) is 10.4. The monoisotopic (exact) mass is 955 g/mol. The lowest BCUT2D eigenvalue weighted by Crippen LogP contribution is -2.41. The second kappa shape index (κ2) is 43.9. The summed E-state index contributed by atoms with van der Waals surface area (Å²) < 4.78 is 20.9. The van der Waals surface area contributed by atoms with Gasteiger partial charge < -0.3 is 45.1 Å². The van der Waals surface area contributed by atoms with E-state index < -0.39 is 29.8 Å². The van der Waals surface area contributed by atoms with Crippen LogP contribution in [0.5, 0.6) is 0 Å². The molecule has 0 bridgehead atoms. The number of ether oxygens (including phenoxy) is 4. The van der Waals surface area contributed by atoms with Crippen LogP contribution in [0.3, 0.4) is 0 Å². The molecule has 1 rings (SSSR count). The molecule has 1 aliphatic rings. The number of unbranched alkanes of at least 4 members (excludes halogenated alkanes) is 13. The Labute approximate surface area is 397 Å². The summed E-state index contributed by atoms with van der Waals surface area (Å²) in [6.45, 7) is 5.00. The van der Waals surface area contributed by atoms with Crippen LogP contribution in [0, 0.1) is 0 Å². The van der Waals surface area contributed by atoms with Crippen LogP contribution in [0.2, 0.25) is 0 Å². The zero-order valence-corrected chi connectivity index (χ0v) is 40.4. The Morgan fingerprint density at radius 2 is 1.04 bits per heavy atom. The van der Waals surface area contributed by atoms with Gasteiger partial charge in [0, 0.05) is 84.0 Å². The number of hydrogen-bond donors (Lipinski definition) is 5. The van der Waals surface area contributed by atoms with Crippen molar-refractivity contribution in [3.05, 3.63) is 12.2 Å². The van der Waals surface area contributed by atoms with E-state index in [1.54, 1.807) is 0 Å². The SMILES string of the molecule is CCCOCCOCC(=O)CCCNC(=O)CCN1C(=O)C=CC1=O.CNC(=O)COCCOCCCC(=O)CC[C@H](NC(=O)CCCCCCCCCCCCCCCCC(=O)O)C(=O)O. The Bertz CT molecular complexity index is 1440. The minimum atomic E-state index is -1.13. The zero-order chi connectivity index (χ0) is 49.8.